The minimum atomic E-state index is 0. The van der Waals surface area contributed by atoms with Gasteiger partial charge in [-0.3, -0.25) is 9.39 Å². The van der Waals surface area contributed by atoms with E-state index in [1.165, 1.54) is 5.56 Å². The van der Waals surface area contributed by atoms with E-state index in [1.807, 2.05) is 35.8 Å². The number of rotatable bonds is 9. The van der Waals surface area contributed by atoms with Crippen molar-refractivity contribution in [2.45, 2.75) is 44.9 Å². The van der Waals surface area contributed by atoms with Gasteiger partial charge in [0.15, 0.2) is 11.6 Å². The second-order valence-corrected chi connectivity index (χ2v) is 7.35. The lowest BCUT2D eigenvalue weighted by molar-refractivity contribution is 0.389. The van der Waals surface area contributed by atoms with Crippen LogP contribution in [0.4, 0.5) is 0 Å². The van der Waals surface area contributed by atoms with E-state index < -0.39 is 0 Å². The summed E-state index contributed by atoms with van der Waals surface area (Å²) < 4.78 is 2.05. The third-order valence-electron chi connectivity index (χ3n) is 5.81. The van der Waals surface area contributed by atoms with Crippen molar-refractivity contribution >= 4 is 35.6 Å². The molecule has 7 heteroatoms. The first-order valence-electron chi connectivity index (χ1n) is 10.5. The number of hydrogen-bond acceptors (Lipinski definition) is 3. The lowest BCUT2D eigenvalue weighted by Gasteiger charge is -2.33. The Morgan fingerprint density at radius 2 is 1.73 bits per heavy atom. The monoisotopic (exact) mass is 520 g/mol. The van der Waals surface area contributed by atoms with Crippen LogP contribution in [0.5, 0.6) is 0 Å². The number of halogens is 1. The standard InChI is InChI=1S/C23H32N6.HI/c1-4-23(5-2,19-12-7-6-8-13-19)18-26-22(24-3)25-16-11-15-21-28-27-20-14-9-10-17-29(20)21;/h6-10,12-14,17H,4-5,11,15-16,18H2,1-3H3,(H2,24,25,26);1H. The fraction of sp³-hybridized carbons (Fsp3) is 0.435. The summed E-state index contributed by atoms with van der Waals surface area (Å²) >= 11 is 0. The van der Waals surface area contributed by atoms with Crippen LogP contribution in [0.3, 0.4) is 0 Å². The smallest absolute Gasteiger partial charge is 0.191 e. The Morgan fingerprint density at radius 3 is 2.43 bits per heavy atom. The van der Waals surface area contributed by atoms with E-state index in [0.29, 0.717) is 0 Å². The van der Waals surface area contributed by atoms with Gasteiger partial charge in [0.25, 0.3) is 0 Å². The van der Waals surface area contributed by atoms with Gasteiger partial charge in [-0.05, 0) is 37.0 Å². The molecule has 0 aliphatic carbocycles. The van der Waals surface area contributed by atoms with Crippen LogP contribution in [-0.4, -0.2) is 40.7 Å². The number of aryl methyl sites for hydroxylation is 1. The van der Waals surface area contributed by atoms with Crippen LogP contribution in [0.25, 0.3) is 5.65 Å². The summed E-state index contributed by atoms with van der Waals surface area (Å²) in [5, 5.41) is 15.5. The Kier molecular flexibility index (Phi) is 9.55. The van der Waals surface area contributed by atoms with Gasteiger partial charge in [-0.1, -0.05) is 50.2 Å². The summed E-state index contributed by atoms with van der Waals surface area (Å²) in [6, 6.07) is 16.7. The summed E-state index contributed by atoms with van der Waals surface area (Å²) in [7, 11) is 1.82. The van der Waals surface area contributed by atoms with E-state index in [1.54, 1.807) is 0 Å². The molecule has 30 heavy (non-hydrogen) atoms. The van der Waals surface area contributed by atoms with Gasteiger partial charge in [0, 0.05) is 38.2 Å². The molecule has 162 valence electrons. The highest BCUT2D eigenvalue weighted by Crippen LogP contribution is 2.30. The lowest BCUT2D eigenvalue weighted by atomic mass is 9.76. The summed E-state index contributed by atoms with van der Waals surface area (Å²) in [4.78, 5) is 4.40. The summed E-state index contributed by atoms with van der Waals surface area (Å²) in [6.07, 6.45) is 6.00. The normalized spacial score (nSPS) is 11.9. The Labute approximate surface area is 196 Å². The summed E-state index contributed by atoms with van der Waals surface area (Å²) in [5.74, 6) is 1.84. The summed E-state index contributed by atoms with van der Waals surface area (Å²) in [6.45, 7) is 6.21. The van der Waals surface area contributed by atoms with Gasteiger partial charge in [-0.2, -0.15) is 0 Å². The molecule has 0 spiro atoms. The highest BCUT2D eigenvalue weighted by atomic mass is 127. The first-order valence-corrected chi connectivity index (χ1v) is 10.5. The zero-order chi connectivity index (χ0) is 20.5. The lowest BCUT2D eigenvalue weighted by Crippen LogP contribution is -2.45. The zero-order valence-electron chi connectivity index (χ0n) is 18.1. The molecule has 0 bridgehead atoms. The van der Waals surface area contributed by atoms with Crippen molar-refractivity contribution in [1.29, 1.82) is 0 Å². The number of benzene rings is 1. The van der Waals surface area contributed by atoms with Crippen molar-refractivity contribution < 1.29 is 0 Å². The van der Waals surface area contributed by atoms with Gasteiger partial charge in [-0.25, -0.2) is 0 Å². The van der Waals surface area contributed by atoms with Crippen LogP contribution < -0.4 is 10.6 Å². The molecule has 0 aliphatic heterocycles. The van der Waals surface area contributed by atoms with Crippen LogP contribution in [0.2, 0.25) is 0 Å². The number of hydrogen-bond donors (Lipinski definition) is 2. The van der Waals surface area contributed by atoms with E-state index in [-0.39, 0.29) is 29.4 Å². The fourth-order valence-corrected chi connectivity index (χ4v) is 3.79. The number of fused-ring (bicyclic) bond motifs is 1. The van der Waals surface area contributed by atoms with Crippen molar-refractivity contribution in [3.8, 4) is 0 Å². The number of nitrogens with one attached hydrogen (secondary N) is 2. The first kappa shape index (κ1) is 24.1. The Balaban J connectivity index is 0.00000320. The van der Waals surface area contributed by atoms with Crippen molar-refractivity contribution in [2.75, 3.05) is 20.1 Å². The van der Waals surface area contributed by atoms with Crippen LogP contribution in [0, 0.1) is 0 Å². The molecule has 3 rings (SSSR count). The van der Waals surface area contributed by atoms with Crippen LogP contribution in [-0.2, 0) is 11.8 Å². The highest BCUT2D eigenvalue weighted by molar-refractivity contribution is 14.0. The SMILES string of the molecule is CCC(CC)(CNC(=NC)NCCCc1nnc2ccccn12)c1ccccc1.I. The predicted octanol–water partition coefficient (Wildman–Crippen LogP) is 4.20. The molecule has 0 saturated carbocycles. The second kappa shape index (κ2) is 11.9. The molecule has 6 nitrogen and oxygen atoms in total. The Bertz CT molecular complexity index is 918. The Morgan fingerprint density at radius 1 is 1.00 bits per heavy atom. The van der Waals surface area contributed by atoms with Gasteiger partial charge in [0.05, 0.1) is 0 Å². The molecule has 2 N–H and O–H groups in total. The molecule has 0 aliphatic rings. The molecule has 2 aromatic heterocycles. The third-order valence-corrected chi connectivity index (χ3v) is 5.81. The van der Waals surface area contributed by atoms with Crippen LogP contribution >= 0.6 is 24.0 Å². The molecule has 3 aromatic rings. The van der Waals surface area contributed by atoms with Crippen LogP contribution in [0.15, 0.2) is 59.7 Å². The van der Waals surface area contributed by atoms with Gasteiger partial charge >= 0.3 is 0 Å². The van der Waals surface area contributed by atoms with E-state index in [9.17, 15) is 0 Å². The van der Waals surface area contributed by atoms with Crippen molar-refractivity contribution in [1.82, 2.24) is 25.2 Å². The third kappa shape index (κ3) is 5.71. The average molecular weight is 520 g/mol. The van der Waals surface area contributed by atoms with E-state index in [4.69, 9.17) is 0 Å². The Hall–Kier alpha value is -2.16. The number of aliphatic imine (C=N–C) groups is 1. The maximum atomic E-state index is 4.40. The maximum absolute atomic E-state index is 4.40. The van der Waals surface area contributed by atoms with E-state index >= 15 is 0 Å². The van der Waals surface area contributed by atoms with E-state index in [0.717, 1.165) is 56.2 Å². The molecule has 0 amide bonds. The van der Waals surface area contributed by atoms with Gasteiger partial charge in [-0.15, -0.1) is 34.2 Å². The van der Waals surface area contributed by atoms with E-state index in [2.05, 4.69) is 70.0 Å². The minimum Gasteiger partial charge on any atom is -0.356 e. The molecular formula is C23H33IN6. The van der Waals surface area contributed by atoms with Gasteiger partial charge < -0.3 is 10.6 Å². The molecule has 2 heterocycles. The number of nitrogens with zero attached hydrogens (tertiary/aromatic N) is 4. The summed E-state index contributed by atoms with van der Waals surface area (Å²) in [5.41, 5.74) is 2.38. The average Bonchev–Trinajstić information content (AvgIpc) is 3.20. The molecule has 0 atom stereocenters. The first-order chi connectivity index (χ1) is 14.2. The van der Waals surface area contributed by atoms with Crippen molar-refractivity contribution in [3.05, 3.63) is 66.1 Å². The largest absolute Gasteiger partial charge is 0.356 e. The molecule has 1 aromatic carbocycles. The topological polar surface area (TPSA) is 66.6 Å². The minimum absolute atomic E-state index is 0. The van der Waals surface area contributed by atoms with Gasteiger partial charge in [0.1, 0.15) is 5.82 Å². The number of aromatic nitrogens is 3. The molecule has 0 radical (unpaired) electrons. The second-order valence-electron chi connectivity index (χ2n) is 7.35. The molecule has 0 saturated heterocycles. The molecule has 0 fully saturated rings. The highest BCUT2D eigenvalue weighted by Gasteiger charge is 2.28. The van der Waals surface area contributed by atoms with Crippen molar-refractivity contribution in [3.63, 3.8) is 0 Å². The van der Waals surface area contributed by atoms with Crippen LogP contribution in [0.1, 0.15) is 44.5 Å². The molecule has 0 unspecified atom stereocenters. The maximum Gasteiger partial charge on any atom is 0.191 e. The fourth-order valence-electron chi connectivity index (χ4n) is 3.79. The van der Waals surface area contributed by atoms with Gasteiger partial charge in [0.2, 0.25) is 0 Å². The van der Waals surface area contributed by atoms with Crippen molar-refractivity contribution in [2.24, 2.45) is 4.99 Å². The quantitative estimate of drug-likeness (QED) is 0.192. The number of pyridine rings is 1. The zero-order valence-corrected chi connectivity index (χ0v) is 20.5. The predicted molar refractivity (Wildman–Crippen MR) is 135 cm³/mol. The number of guanidine groups is 1. The molecular weight excluding hydrogens is 487 g/mol.